The van der Waals surface area contributed by atoms with Gasteiger partial charge in [-0.1, -0.05) is 55.5 Å². The fourth-order valence-corrected chi connectivity index (χ4v) is 6.04. The van der Waals surface area contributed by atoms with Crippen LogP contribution in [0.1, 0.15) is 53.9 Å². The van der Waals surface area contributed by atoms with E-state index in [1.54, 1.807) is 23.9 Å². The molecule has 1 aliphatic rings. The number of carbonyl (C=O) groups is 2. The first kappa shape index (κ1) is 31.1. The van der Waals surface area contributed by atoms with Gasteiger partial charge >= 0.3 is 12.2 Å². The number of hydrogen-bond acceptors (Lipinski definition) is 3. The molecule has 10 heteroatoms. The Hall–Kier alpha value is -4.31. The Bertz CT molecular complexity index is 1590. The van der Waals surface area contributed by atoms with Crippen LogP contribution in [0.4, 0.5) is 23.7 Å². The van der Waals surface area contributed by atoms with Crippen molar-refractivity contribution in [3.8, 4) is 0 Å². The van der Waals surface area contributed by atoms with Gasteiger partial charge in [0, 0.05) is 48.3 Å². The molecule has 2 unspecified atom stereocenters. The lowest BCUT2D eigenvalue weighted by molar-refractivity contribution is -0.137. The van der Waals surface area contributed by atoms with Crippen molar-refractivity contribution < 1.29 is 22.8 Å². The van der Waals surface area contributed by atoms with Crippen molar-refractivity contribution in [1.82, 2.24) is 20.1 Å². The van der Waals surface area contributed by atoms with E-state index >= 15 is 0 Å². The molecule has 5 rings (SSSR count). The third-order valence-corrected chi connectivity index (χ3v) is 8.31. The number of para-hydroxylation sites is 1. The average Bonchev–Trinajstić information content (AvgIpc) is 3.43. The molecular formula is C34H38F3N5O2. The van der Waals surface area contributed by atoms with Crippen molar-refractivity contribution in [2.45, 2.75) is 50.4 Å². The molecule has 0 spiro atoms. The van der Waals surface area contributed by atoms with E-state index in [4.69, 9.17) is 0 Å². The maximum absolute atomic E-state index is 13.9. The number of amides is 3. The Balaban J connectivity index is 1.39. The smallest absolute Gasteiger partial charge is 0.361 e. The van der Waals surface area contributed by atoms with E-state index in [1.165, 1.54) is 11.6 Å². The quantitative estimate of drug-likeness (QED) is 0.203. The number of rotatable bonds is 8. The minimum absolute atomic E-state index is 0.0238. The Kier molecular flexibility index (Phi) is 9.29. The van der Waals surface area contributed by atoms with Crippen molar-refractivity contribution >= 4 is 28.5 Å². The summed E-state index contributed by atoms with van der Waals surface area (Å²) in [6.45, 7) is 3.16. The van der Waals surface area contributed by atoms with E-state index < -0.39 is 29.6 Å². The number of alkyl halides is 3. The summed E-state index contributed by atoms with van der Waals surface area (Å²) in [5, 5.41) is 6.54. The molecule has 0 bridgehead atoms. The summed E-state index contributed by atoms with van der Waals surface area (Å²) < 4.78 is 41.3. The van der Waals surface area contributed by atoms with Gasteiger partial charge in [-0.25, -0.2) is 4.79 Å². The minimum Gasteiger partial charge on any atom is -0.361 e. The number of aromatic amines is 1. The van der Waals surface area contributed by atoms with E-state index in [0.717, 1.165) is 41.4 Å². The number of likely N-dealkylation sites (tertiary alicyclic amines) is 1. The summed E-state index contributed by atoms with van der Waals surface area (Å²) in [6.07, 6.45) is -1.18. The molecule has 4 aromatic rings. The normalized spacial score (nSPS) is 15.8. The summed E-state index contributed by atoms with van der Waals surface area (Å²) in [6, 6.07) is 20.0. The van der Waals surface area contributed by atoms with Crippen LogP contribution in [0.2, 0.25) is 0 Å². The molecule has 1 aliphatic heterocycles. The molecule has 44 heavy (non-hydrogen) atoms. The number of urea groups is 1. The number of H-pyrrole nitrogens is 1. The highest BCUT2D eigenvalue weighted by Crippen LogP contribution is 2.34. The second-order valence-corrected chi connectivity index (χ2v) is 11.8. The van der Waals surface area contributed by atoms with Gasteiger partial charge in [-0.3, -0.25) is 4.79 Å². The Morgan fingerprint density at radius 2 is 1.68 bits per heavy atom. The number of fused-ring (bicyclic) bond motifs is 1. The van der Waals surface area contributed by atoms with Crippen molar-refractivity contribution in [3.05, 3.63) is 101 Å². The zero-order valence-electron chi connectivity index (χ0n) is 25.1. The highest BCUT2D eigenvalue weighted by atomic mass is 19.4. The number of halogens is 3. The number of hydrogen-bond donors (Lipinski definition) is 3. The maximum Gasteiger partial charge on any atom is 0.416 e. The first-order valence-corrected chi connectivity index (χ1v) is 14.8. The fraction of sp³-hybridized carbons (Fsp3) is 0.353. The lowest BCUT2D eigenvalue weighted by atomic mass is 9.89. The maximum atomic E-state index is 13.9. The lowest BCUT2D eigenvalue weighted by Crippen LogP contribution is -2.53. The second kappa shape index (κ2) is 13.1. The molecule has 0 radical (unpaired) electrons. The van der Waals surface area contributed by atoms with Gasteiger partial charge in [0.05, 0.1) is 5.56 Å². The van der Waals surface area contributed by atoms with Crippen LogP contribution in [0, 0.1) is 0 Å². The molecule has 0 saturated carbocycles. The Morgan fingerprint density at radius 3 is 2.36 bits per heavy atom. The van der Waals surface area contributed by atoms with Gasteiger partial charge in [-0.15, -0.1) is 0 Å². The van der Waals surface area contributed by atoms with Crippen LogP contribution < -0.4 is 10.6 Å². The molecule has 0 aliphatic carbocycles. The van der Waals surface area contributed by atoms with E-state index in [0.29, 0.717) is 24.6 Å². The molecular weight excluding hydrogens is 567 g/mol. The number of benzene rings is 3. The van der Waals surface area contributed by atoms with Crippen LogP contribution in [0.25, 0.3) is 10.9 Å². The summed E-state index contributed by atoms with van der Waals surface area (Å²) >= 11 is 0. The molecule has 232 valence electrons. The van der Waals surface area contributed by atoms with E-state index in [-0.39, 0.29) is 18.3 Å². The lowest BCUT2D eigenvalue weighted by Gasteiger charge is -2.34. The van der Waals surface area contributed by atoms with Crippen LogP contribution >= 0.6 is 0 Å². The predicted octanol–water partition coefficient (Wildman–Crippen LogP) is 6.95. The first-order chi connectivity index (χ1) is 21.0. The molecule has 2 heterocycles. The molecule has 3 amide bonds. The highest BCUT2D eigenvalue weighted by molar-refractivity contribution is 5.98. The summed E-state index contributed by atoms with van der Waals surface area (Å²) in [4.78, 5) is 34.1. The van der Waals surface area contributed by atoms with Crippen LogP contribution in [0.5, 0.6) is 0 Å². The highest BCUT2D eigenvalue weighted by Gasteiger charge is 2.34. The van der Waals surface area contributed by atoms with E-state index in [9.17, 15) is 22.8 Å². The van der Waals surface area contributed by atoms with Crippen molar-refractivity contribution in [2.24, 2.45) is 0 Å². The molecule has 1 saturated heterocycles. The first-order valence-electron chi connectivity index (χ1n) is 14.8. The zero-order valence-corrected chi connectivity index (χ0v) is 25.1. The number of nitrogens with zero attached hydrogens (tertiary/aromatic N) is 2. The van der Waals surface area contributed by atoms with Crippen LogP contribution in [-0.4, -0.2) is 59.9 Å². The van der Waals surface area contributed by atoms with Gasteiger partial charge in [0.25, 0.3) is 0 Å². The summed E-state index contributed by atoms with van der Waals surface area (Å²) in [7, 11) is 3.52. The Labute approximate surface area is 255 Å². The number of piperidine rings is 1. The van der Waals surface area contributed by atoms with Crippen LogP contribution in [-0.2, 0) is 17.5 Å². The van der Waals surface area contributed by atoms with E-state index in [1.807, 2.05) is 55.6 Å². The van der Waals surface area contributed by atoms with Gasteiger partial charge in [0.2, 0.25) is 5.91 Å². The predicted molar refractivity (Wildman–Crippen MR) is 166 cm³/mol. The van der Waals surface area contributed by atoms with Crippen molar-refractivity contribution in [1.29, 1.82) is 0 Å². The monoisotopic (exact) mass is 605 g/mol. The molecule has 1 fully saturated rings. The molecule has 3 N–H and O–H groups in total. The topological polar surface area (TPSA) is 80.5 Å². The standard InChI is InChI=1S/C34H38F3N5O2/c1-22(29-20-38-30-12-8-7-11-28(29)30)31(40-33(44)42-15-13-25(14-16-42)24-9-5-4-6-10-24)32(43)39-27-18-23(21-41(2)3)17-26(19-27)34(35,36)37/h4-12,17-20,22,25,31,38H,13-16,21H2,1-3H3,(H,39,43)(H,40,44). The Morgan fingerprint density at radius 1 is 1.00 bits per heavy atom. The van der Waals surface area contributed by atoms with Crippen LogP contribution in [0.3, 0.4) is 0 Å². The SMILES string of the molecule is CC(c1c[nH]c2ccccc12)C(NC(=O)N1CCC(c2ccccc2)CC1)C(=O)Nc1cc(CN(C)C)cc(C(F)(F)F)c1. The number of nitrogens with one attached hydrogen (secondary N) is 3. The van der Waals surface area contributed by atoms with Gasteiger partial charge in [-0.05, 0) is 73.8 Å². The van der Waals surface area contributed by atoms with Gasteiger partial charge < -0.3 is 25.4 Å². The third-order valence-electron chi connectivity index (χ3n) is 8.31. The largest absolute Gasteiger partial charge is 0.416 e. The van der Waals surface area contributed by atoms with Gasteiger partial charge in [-0.2, -0.15) is 13.2 Å². The minimum atomic E-state index is -4.58. The zero-order chi connectivity index (χ0) is 31.4. The molecule has 7 nitrogen and oxygen atoms in total. The van der Waals surface area contributed by atoms with Crippen LogP contribution in [0.15, 0.2) is 79.0 Å². The third kappa shape index (κ3) is 7.24. The second-order valence-electron chi connectivity index (χ2n) is 11.8. The van der Waals surface area contributed by atoms with Crippen molar-refractivity contribution in [3.63, 3.8) is 0 Å². The average molecular weight is 606 g/mol. The number of carbonyl (C=O) groups excluding carboxylic acids is 2. The summed E-state index contributed by atoms with van der Waals surface area (Å²) in [5.41, 5.74) is 2.53. The molecule has 3 aromatic carbocycles. The van der Waals surface area contributed by atoms with Gasteiger partial charge in [0.1, 0.15) is 6.04 Å². The molecule has 1 aromatic heterocycles. The summed E-state index contributed by atoms with van der Waals surface area (Å²) in [5.74, 6) is -0.740. The fourth-order valence-electron chi connectivity index (χ4n) is 6.04. The van der Waals surface area contributed by atoms with E-state index in [2.05, 4.69) is 27.8 Å². The van der Waals surface area contributed by atoms with Crippen molar-refractivity contribution in [2.75, 3.05) is 32.5 Å². The number of anilines is 1. The number of aromatic nitrogens is 1. The molecule has 2 atom stereocenters. The van der Waals surface area contributed by atoms with Gasteiger partial charge in [0.15, 0.2) is 0 Å².